The van der Waals surface area contributed by atoms with Crippen molar-refractivity contribution in [2.24, 2.45) is 5.92 Å². The van der Waals surface area contributed by atoms with E-state index in [2.05, 4.69) is 27.3 Å². The Morgan fingerprint density at radius 2 is 2.26 bits per heavy atom. The Morgan fingerprint density at radius 3 is 2.89 bits per heavy atom. The number of halogens is 1. The van der Waals surface area contributed by atoms with Gasteiger partial charge in [-0.1, -0.05) is 6.92 Å². The average Bonchev–Trinajstić information content (AvgIpc) is 2.80. The molecule has 0 saturated carbocycles. The van der Waals surface area contributed by atoms with Gasteiger partial charge in [0.2, 0.25) is 5.91 Å². The number of aryl methyl sites for hydroxylation is 1. The Hall–Kier alpha value is -0.390. The molecule has 2 N–H and O–H groups in total. The van der Waals surface area contributed by atoms with E-state index in [1.807, 2.05) is 13.0 Å². The molecule has 1 aromatic heterocycles. The first-order chi connectivity index (χ1) is 9.11. The van der Waals surface area contributed by atoms with Crippen LogP contribution in [0.15, 0.2) is 15.9 Å². The van der Waals surface area contributed by atoms with Crippen molar-refractivity contribution in [3.63, 3.8) is 0 Å². The van der Waals surface area contributed by atoms with Gasteiger partial charge < -0.3 is 10.4 Å². The molecule has 0 bridgehead atoms. The number of hydrogen-bond acceptors (Lipinski definition) is 3. The zero-order valence-corrected chi connectivity index (χ0v) is 13.7. The number of aliphatic hydroxyl groups excluding tert-OH is 1. The van der Waals surface area contributed by atoms with Gasteiger partial charge in [-0.05, 0) is 59.7 Å². The van der Waals surface area contributed by atoms with Gasteiger partial charge in [-0.3, -0.25) is 4.79 Å². The highest BCUT2D eigenvalue weighted by Crippen LogP contribution is 2.23. The van der Waals surface area contributed by atoms with Gasteiger partial charge in [0, 0.05) is 24.4 Å². The highest BCUT2D eigenvalue weighted by molar-refractivity contribution is 9.11. The minimum absolute atomic E-state index is 0.132. The van der Waals surface area contributed by atoms with Crippen molar-refractivity contribution < 1.29 is 9.90 Å². The molecular weight excluding hydrogens is 326 g/mol. The van der Waals surface area contributed by atoms with Gasteiger partial charge in [0.05, 0.1) is 3.79 Å². The topological polar surface area (TPSA) is 49.3 Å². The van der Waals surface area contributed by atoms with E-state index in [1.54, 1.807) is 11.3 Å². The standard InChI is InChI=1S/C14H22BrNO2S/c1-11(10-17)4-3-9-16-14(18)6-2-5-12-7-8-13(15)19-12/h7-8,11,17H,2-6,9-10H2,1H3,(H,16,18). The first-order valence-corrected chi connectivity index (χ1v) is 8.34. The van der Waals surface area contributed by atoms with E-state index in [9.17, 15) is 4.79 Å². The lowest BCUT2D eigenvalue weighted by atomic mass is 10.1. The van der Waals surface area contributed by atoms with Crippen LogP contribution in [0, 0.1) is 5.92 Å². The van der Waals surface area contributed by atoms with Crippen molar-refractivity contribution in [2.75, 3.05) is 13.2 Å². The van der Waals surface area contributed by atoms with Crippen LogP contribution < -0.4 is 5.32 Å². The summed E-state index contributed by atoms with van der Waals surface area (Å²) in [6.45, 7) is 2.96. The maximum Gasteiger partial charge on any atom is 0.220 e. The summed E-state index contributed by atoms with van der Waals surface area (Å²) in [5, 5.41) is 11.8. The summed E-state index contributed by atoms with van der Waals surface area (Å²) in [7, 11) is 0. The molecular formula is C14H22BrNO2S. The van der Waals surface area contributed by atoms with E-state index >= 15 is 0 Å². The van der Waals surface area contributed by atoms with Gasteiger partial charge in [-0.15, -0.1) is 11.3 Å². The molecule has 0 spiro atoms. The van der Waals surface area contributed by atoms with Crippen molar-refractivity contribution in [1.29, 1.82) is 0 Å². The zero-order chi connectivity index (χ0) is 14.1. The Kier molecular flexibility index (Phi) is 8.34. The Labute approximate surface area is 127 Å². The van der Waals surface area contributed by atoms with E-state index in [-0.39, 0.29) is 12.5 Å². The number of amides is 1. The second-order valence-corrected chi connectivity index (χ2v) is 7.39. The summed E-state index contributed by atoms with van der Waals surface area (Å²) in [6.07, 6.45) is 4.34. The lowest BCUT2D eigenvalue weighted by Crippen LogP contribution is -2.24. The number of thiophene rings is 1. The monoisotopic (exact) mass is 347 g/mol. The number of carbonyl (C=O) groups is 1. The number of aliphatic hydroxyl groups is 1. The highest BCUT2D eigenvalue weighted by atomic mass is 79.9. The quantitative estimate of drug-likeness (QED) is 0.673. The third kappa shape index (κ3) is 7.70. The predicted molar refractivity (Wildman–Crippen MR) is 83.5 cm³/mol. The number of nitrogens with one attached hydrogen (secondary N) is 1. The molecule has 19 heavy (non-hydrogen) atoms. The van der Waals surface area contributed by atoms with E-state index < -0.39 is 0 Å². The van der Waals surface area contributed by atoms with E-state index in [0.29, 0.717) is 18.9 Å². The largest absolute Gasteiger partial charge is 0.396 e. The van der Waals surface area contributed by atoms with Gasteiger partial charge in [0.15, 0.2) is 0 Å². The number of rotatable bonds is 9. The van der Waals surface area contributed by atoms with Gasteiger partial charge >= 0.3 is 0 Å². The molecule has 1 unspecified atom stereocenters. The molecule has 5 heteroatoms. The molecule has 1 aromatic rings. The summed E-state index contributed by atoms with van der Waals surface area (Å²) in [4.78, 5) is 12.9. The Bertz CT molecular complexity index is 381. The predicted octanol–water partition coefficient (Wildman–Crippen LogP) is 3.36. The van der Waals surface area contributed by atoms with Gasteiger partial charge in [-0.2, -0.15) is 0 Å². The van der Waals surface area contributed by atoms with E-state index in [4.69, 9.17) is 5.11 Å². The van der Waals surface area contributed by atoms with Crippen LogP contribution in [-0.4, -0.2) is 24.2 Å². The lowest BCUT2D eigenvalue weighted by Gasteiger charge is -2.08. The normalized spacial score (nSPS) is 12.4. The highest BCUT2D eigenvalue weighted by Gasteiger charge is 2.04. The first-order valence-electron chi connectivity index (χ1n) is 6.73. The van der Waals surface area contributed by atoms with Crippen LogP contribution in [0.2, 0.25) is 0 Å². The molecule has 1 atom stereocenters. The zero-order valence-electron chi connectivity index (χ0n) is 11.3. The molecule has 0 fully saturated rings. The summed E-state index contributed by atoms with van der Waals surface area (Å²) in [5.41, 5.74) is 0. The Balaban J connectivity index is 2.02. The van der Waals surface area contributed by atoms with Crippen LogP contribution in [0.25, 0.3) is 0 Å². The van der Waals surface area contributed by atoms with Crippen LogP contribution in [0.3, 0.4) is 0 Å². The second-order valence-electron chi connectivity index (χ2n) is 4.84. The van der Waals surface area contributed by atoms with Gasteiger partial charge in [0.1, 0.15) is 0 Å². The molecule has 0 aliphatic carbocycles. The van der Waals surface area contributed by atoms with E-state index in [0.717, 1.165) is 29.5 Å². The fourth-order valence-electron chi connectivity index (χ4n) is 1.77. The van der Waals surface area contributed by atoms with Crippen LogP contribution in [0.4, 0.5) is 0 Å². The minimum Gasteiger partial charge on any atom is -0.396 e. The van der Waals surface area contributed by atoms with E-state index in [1.165, 1.54) is 4.88 Å². The minimum atomic E-state index is 0.132. The third-order valence-electron chi connectivity index (χ3n) is 2.96. The Morgan fingerprint density at radius 1 is 1.47 bits per heavy atom. The van der Waals surface area contributed by atoms with Crippen LogP contribution >= 0.6 is 27.3 Å². The van der Waals surface area contributed by atoms with Crippen molar-refractivity contribution in [1.82, 2.24) is 5.32 Å². The van der Waals surface area contributed by atoms with Crippen molar-refractivity contribution in [3.8, 4) is 0 Å². The molecule has 0 aliphatic heterocycles. The molecule has 1 amide bonds. The molecule has 0 radical (unpaired) electrons. The fourth-order valence-corrected chi connectivity index (χ4v) is 3.29. The third-order valence-corrected chi connectivity index (χ3v) is 4.65. The van der Waals surface area contributed by atoms with Crippen LogP contribution in [0.5, 0.6) is 0 Å². The SMILES string of the molecule is CC(CO)CCCNC(=O)CCCc1ccc(Br)s1. The summed E-state index contributed by atoms with van der Waals surface area (Å²) in [6, 6.07) is 4.14. The van der Waals surface area contributed by atoms with Gasteiger partial charge in [0.25, 0.3) is 0 Å². The summed E-state index contributed by atoms with van der Waals surface area (Å²) in [5.74, 6) is 0.460. The molecule has 0 aliphatic rings. The van der Waals surface area contributed by atoms with Gasteiger partial charge in [-0.25, -0.2) is 0 Å². The molecule has 0 aromatic carbocycles. The summed E-state index contributed by atoms with van der Waals surface area (Å²) < 4.78 is 1.14. The molecule has 0 saturated heterocycles. The molecule has 3 nitrogen and oxygen atoms in total. The maximum atomic E-state index is 11.6. The maximum absolute atomic E-state index is 11.6. The first kappa shape index (κ1) is 16.7. The summed E-state index contributed by atoms with van der Waals surface area (Å²) >= 11 is 5.16. The lowest BCUT2D eigenvalue weighted by molar-refractivity contribution is -0.121. The number of hydrogen-bond donors (Lipinski definition) is 2. The molecule has 108 valence electrons. The van der Waals surface area contributed by atoms with Crippen molar-refractivity contribution >= 4 is 33.2 Å². The molecule has 1 heterocycles. The molecule has 1 rings (SSSR count). The smallest absolute Gasteiger partial charge is 0.220 e. The fraction of sp³-hybridized carbons (Fsp3) is 0.643. The number of carbonyl (C=O) groups excluding carboxylic acids is 1. The average molecular weight is 348 g/mol. The van der Waals surface area contributed by atoms with Crippen LogP contribution in [-0.2, 0) is 11.2 Å². The second kappa shape index (κ2) is 9.50. The van der Waals surface area contributed by atoms with Crippen molar-refractivity contribution in [2.45, 2.75) is 39.0 Å². The van der Waals surface area contributed by atoms with Crippen molar-refractivity contribution in [3.05, 3.63) is 20.8 Å². The van der Waals surface area contributed by atoms with Crippen LogP contribution in [0.1, 0.15) is 37.5 Å².